The molecular formula is C14H8ClF8N5S. The van der Waals surface area contributed by atoms with Crippen LogP contribution in [0.4, 0.5) is 35.1 Å². The molecule has 0 aromatic carbocycles. The first-order valence-corrected chi connectivity index (χ1v) is 8.62. The van der Waals surface area contributed by atoms with Crippen LogP contribution in [0.25, 0.3) is 16.4 Å². The topological polar surface area (TPSA) is 48.5 Å². The number of nitrogens with zero attached hydrogens (tertiary/aromatic N) is 5. The van der Waals surface area contributed by atoms with Gasteiger partial charge in [0.1, 0.15) is 11.3 Å². The molecule has 15 heteroatoms. The summed E-state index contributed by atoms with van der Waals surface area (Å²) in [4.78, 5) is 0.412. The summed E-state index contributed by atoms with van der Waals surface area (Å²) in [6, 6.07) is 1.57. The van der Waals surface area contributed by atoms with Crippen LogP contribution in [-0.4, -0.2) is 31.0 Å². The van der Waals surface area contributed by atoms with Gasteiger partial charge in [-0.1, -0.05) is 16.8 Å². The van der Waals surface area contributed by atoms with Gasteiger partial charge < -0.3 is 0 Å². The van der Waals surface area contributed by atoms with E-state index >= 15 is 0 Å². The van der Waals surface area contributed by atoms with Gasteiger partial charge >= 0.3 is 18.3 Å². The van der Waals surface area contributed by atoms with Crippen molar-refractivity contribution >= 4 is 22.9 Å². The highest BCUT2D eigenvalue weighted by atomic mass is 35.5. The van der Waals surface area contributed by atoms with Crippen LogP contribution in [0.15, 0.2) is 12.3 Å². The minimum atomic E-state index is -6.28. The number of hydrogen-bond donors (Lipinski definition) is 0. The second kappa shape index (κ2) is 6.65. The van der Waals surface area contributed by atoms with E-state index in [1.54, 1.807) is 13.0 Å². The Balaban J connectivity index is 2.21. The molecule has 0 radical (unpaired) electrons. The van der Waals surface area contributed by atoms with Crippen LogP contribution < -0.4 is 0 Å². The quantitative estimate of drug-likeness (QED) is 0.489. The number of aromatic nitrogens is 5. The Labute approximate surface area is 165 Å². The number of rotatable bonds is 3. The van der Waals surface area contributed by atoms with Gasteiger partial charge in [0.2, 0.25) is 0 Å². The number of halogens is 9. The molecule has 0 spiro atoms. The monoisotopic (exact) mass is 465 g/mol. The molecule has 0 fully saturated rings. The lowest BCUT2D eigenvalue weighted by molar-refractivity contribution is -0.292. The van der Waals surface area contributed by atoms with E-state index in [1.807, 2.05) is 0 Å². The van der Waals surface area contributed by atoms with Crippen molar-refractivity contribution in [2.75, 3.05) is 0 Å². The van der Waals surface area contributed by atoms with Crippen LogP contribution >= 0.6 is 22.9 Å². The number of hydrogen-bond acceptors (Lipinski definition) is 4. The first-order chi connectivity index (χ1) is 13.1. The van der Waals surface area contributed by atoms with Gasteiger partial charge in [-0.05, 0) is 18.6 Å². The van der Waals surface area contributed by atoms with E-state index in [2.05, 4.69) is 15.4 Å². The molecule has 0 unspecified atom stereocenters. The van der Waals surface area contributed by atoms with Crippen LogP contribution in [0.2, 0.25) is 4.34 Å². The summed E-state index contributed by atoms with van der Waals surface area (Å²) in [5, 5.41) is 9.90. The summed E-state index contributed by atoms with van der Waals surface area (Å²) >= 11 is 6.96. The lowest BCUT2D eigenvalue weighted by Gasteiger charge is -2.19. The van der Waals surface area contributed by atoms with Crippen molar-refractivity contribution < 1.29 is 35.1 Å². The van der Waals surface area contributed by atoms with E-state index in [4.69, 9.17) is 11.6 Å². The van der Waals surface area contributed by atoms with E-state index in [0.29, 0.717) is 19.5 Å². The maximum absolute atomic E-state index is 13.7. The predicted molar refractivity (Wildman–Crippen MR) is 86.1 cm³/mol. The number of aryl methyl sites for hydroxylation is 2. The molecule has 0 saturated heterocycles. The smallest absolute Gasteiger partial charge is 0.250 e. The van der Waals surface area contributed by atoms with Crippen LogP contribution in [0.1, 0.15) is 16.8 Å². The van der Waals surface area contributed by atoms with Gasteiger partial charge in [0.15, 0.2) is 11.5 Å². The molecule has 0 atom stereocenters. The zero-order chi connectivity index (χ0) is 21.9. The zero-order valence-electron chi connectivity index (χ0n) is 14.2. The first-order valence-electron chi connectivity index (χ1n) is 7.42. The first kappa shape index (κ1) is 21.5. The molecule has 0 aliphatic heterocycles. The van der Waals surface area contributed by atoms with Crippen LogP contribution in [0.5, 0.6) is 0 Å². The summed E-state index contributed by atoms with van der Waals surface area (Å²) in [7, 11) is 0.786. The summed E-state index contributed by atoms with van der Waals surface area (Å²) in [5.41, 5.74) is -4.03. The van der Waals surface area contributed by atoms with E-state index < -0.39 is 35.4 Å². The molecule has 158 valence electrons. The van der Waals surface area contributed by atoms with Crippen LogP contribution in [0, 0.1) is 6.92 Å². The van der Waals surface area contributed by atoms with Crippen molar-refractivity contribution in [2.24, 2.45) is 7.05 Å². The molecule has 3 rings (SSSR count). The third-order valence-electron chi connectivity index (χ3n) is 3.77. The van der Waals surface area contributed by atoms with Gasteiger partial charge in [0.05, 0.1) is 15.4 Å². The van der Waals surface area contributed by atoms with Gasteiger partial charge in [-0.15, -0.1) is 16.4 Å². The Hall–Kier alpha value is -2.22. The molecule has 5 nitrogen and oxygen atoms in total. The summed E-state index contributed by atoms with van der Waals surface area (Å²) in [5.74, 6) is -6.98. The second-order valence-corrected chi connectivity index (χ2v) is 7.51. The average Bonchev–Trinajstić information content (AvgIpc) is 3.23. The predicted octanol–water partition coefficient (Wildman–Crippen LogP) is 5.36. The lowest BCUT2D eigenvalue weighted by atomic mass is 10.1. The summed E-state index contributed by atoms with van der Waals surface area (Å²) < 4.78 is 107. The van der Waals surface area contributed by atoms with Gasteiger partial charge in [0, 0.05) is 7.05 Å². The molecule has 29 heavy (non-hydrogen) atoms. The van der Waals surface area contributed by atoms with Crippen LogP contribution in [-0.2, 0) is 19.1 Å². The highest BCUT2D eigenvalue weighted by Gasteiger charge is 2.64. The third kappa shape index (κ3) is 3.58. The standard InChI is InChI=1S/C14H8ClF8N5S/c1-5-3-7(29-10(5)15)6-4-28(26-24-6)11-8(13(18,19)20)9(25-27(11)2)12(16,17)14(21,22)23/h3-4H,1-2H3. The fourth-order valence-corrected chi connectivity index (χ4v) is 3.61. The maximum atomic E-state index is 13.7. The normalized spacial score (nSPS) is 13.3. The molecule has 0 N–H and O–H groups in total. The van der Waals surface area contributed by atoms with Crippen molar-refractivity contribution in [3.8, 4) is 16.4 Å². The van der Waals surface area contributed by atoms with Crippen molar-refractivity contribution in [3.05, 3.63) is 33.4 Å². The van der Waals surface area contributed by atoms with E-state index in [0.717, 1.165) is 24.6 Å². The molecule has 3 aromatic rings. The lowest BCUT2D eigenvalue weighted by Crippen LogP contribution is -2.36. The Bertz CT molecular complexity index is 1040. The van der Waals surface area contributed by atoms with Gasteiger partial charge in [-0.25, -0.2) is 9.36 Å². The molecule has 3 aromatic heterocycles. The largest absolute Gasteiger partial charge is 0.459 e. The molecule has 0 bridgehead atoms. The Morgan fingerprint density at radius 1 is 1.07 bits per heavy atom. The highest BCUT2D eigenvalue weighted by Crippen LogP contribution is 2.49. The van der Waals surface area contributed by atoms with Crippen molar-refractivity contribution in [1.82, 2.24) is 24.8 Å². The van der Waals surface area contributed by atoms with E-state index in [9.17, 15) is 35.1 Å². The van der Waals surface area contributed by atoms with Crippen molar-refractivity contribution in [2.45, 2.75) is 25.2 Å². The molecule has 0 amide bonds. The SMILES string of the molecule is Cc1cc(-c2cn(-c3c(C(F)(F)F)c(C(F)(F)C(F)(F)F)nn3C)nn2)sc1Cl. The maximum Gasteiger partial charge on any atom is 0.459 e. The third-order valence-corrected chi connectivity index (χ3v) is 5.35. The fraction of sp³-hybridized carbons (Fsp3) is 0.357. The second-order valence-electron chi connectivity index (χ2n) is 5.86. The fourth-order valence-electron chi connectivity index (χ4n) is 2.46. The summed E-state index contributed by atoms with van der Waals surface area (Å²) in [6.45, 7) is 1.67. The van der Waals surface area contributed by atoms with Crippen molar-refractivity contribution in [3.63, 3.8) is 0 Å². The highest BCUT2D eigenvalue weighted by molar-refractivity contribution is 7.19. The van der Waals surface area contributed by atoms with Gasteiger partial charge in [0.25, 0.3) is 0 Å². The minimum absolute atomic E-state index is 0.0449. The van der Waals surface area contributed by atoms with E-state index in [1.165, 1.54) is 0 Å². The zero-order valence-corrected chi connectivity index (χ0v) is 15.8. The number of thiophene rings is 1. The summed E-state index contributed by atoms with van der Waals surface area (Å²) in [6.07, 6.45) is -10.9. The van der Waals surface area contributed by atoms with E-state index in [-0.39, 0.29) is 10.4 Å². The Morgan fingerprint density at radius 3 is 2.17 bits per heavy atom. The minimum Gasteiger partial charge on any atom is -0.250 e. The van der Waals surface area contributed by atoms with Crippen molar-refractivity contribution in [1.29, 1.82) is 0 Å². The van der Waals surface area contributed by atoms with Gasteiger partial charge in [-0.3, -0.25) is 0 Å². The number of alkyl halides is 8. The van der Waals surface area contributed by atoms with Crippen LogP contribution in [0.3, 0.4) is 0 Å². The molecular weight excluding hydrogens is 458 g/mol. The molecule has 0 aliphatic rings. The Morgan fingerprint density at radius 2 is 1.69 bits per heavy atom. The van der Waals surface area contributed by atoms with Gasteiger partial charge in [-0.2, -0.15) is 40.2 Å². The Kier molecular flexibility index (Phi) is 4.93. The average molecular weight is 466 g/mol. The molecule has 3 heterocycles. The molecule has 0 saturated carbocycles. The molecule has 0 aliphatic carbocycles.